The summed E-state index contributed by atoms with van der Waals surface area (Å²) in [5.41, 5.74) is 0. The van der Waals surface area contributed by atoms with Crippen LogP contribution in [0.4, 0.5) is 0 Å². The van der Waals surface area contributed by atoms with Crippen LogP contribution in [0.15, 0.2) is 85.1 Å². The molecule has 0 aliphatic carbocycles. The molecule has 0 amide bonds. The van der Waals surface area contributed by atoms with Crippen molar-refractivity contribution in [3.05, 3.63) is 92.5 Å². The monoisotopic (exact) mass is 1040 g/mol. The van der Waals surface area contributed by atoms with Gasteiger partial charge in [0, 0.05) is 76.0 Å². The van der Waals surface area contributed by atoms with Crippen LogP contribution in [-0.4, -0.2) is 180 Å². The van der Waals surface area contributed by atoms with E-state index in [1.807, 2.05) is 49.5 Å². The van der Waals surface area contributed by atoms with Crippen LogP contribution >= 0.6 is 0 Å². The van der Waals surface area contributed by atoms with E-state index in [0.29, 0.717) is 0 Å². The number of aliphatic hydroxyl groups excluding tert-OH is 9. The van der Waals surface area contributed by atoms with Gasteiger partial charge in [0.25, 0.3) is 0 Å². The molecule has 385 valence electrons. The Hall–Kier alpha value is -2.14. The Labute approximate surface area is 428 Å². The van der Waals surface area contributed by atoms with Crippen LogP contribution in [0.25, 0.3) is 0 Å². The molecular weight excluding hydrogens is 959 g/mol. The van der Waals surface area contributed by atoms with Gasteiger partial charge >= 0.3 is 5.97 Å². The molecule has 17 nitrogen and oxygen atoms in total. The normalized spacial score (nSPS) is 43.8. The Morgan fingerprint density at radius 3 is 1.75 bits per heavy atom. The van der Waals surface area contributed by atoms with E-state index in [0.717, 1.165) is 0 Å². The van der Waals surface area contributed by atoms with E-state index < -0.39 is 135 Å². The van der Waals surface area contributed by atoms with E-state index in [-0.39, 0.29) is 78.2 Å². The molecule has 1 unspecified atom stereocenters. The minimum Gasteiger partial charge on any atom is -0.541 e. The SMILES string of the molecule is C[C@@H]1[C@H](O)[C@@H](C)/C=C/C=C/C=C/C=C/C=C/C=C/C=C/[C@H](OC2O[C@H](C)[C@@H](O)[C@H](N(C)C)[C@@H]2O)C[C@@H]2O[C@](O)(C[C@@H](O)[C@H](O)CC[C@@H](O)C[C@@H](O)C[C@@H](O)CC(=O)O[C@H]1C)C[C@H](O)[C@H]2[C-]=O.[CH3-].[Y]. The Morgan fingerprint density at radius 1 is 0.662 bits per heavy atom. The summed E-state index contributed by atoms with van der Waals surface area (Å²) in [6, 6.07) is -0.761. The van der Waals surface area contributed by atoms with Gasteiger partial charge in [0.1, 0.15) is 12.2 Å². The van der Waals surface area contributed by atoms with E-state index >= 15 is 0 Å². The minimum absolute atomic E-state index is 0. The molecule has 19 atom stereocenters. The Morgan fingerprint density at radius 2 is 1.19 bits per heavy atom. The van der Waals surface area contributed by atoms with Crippen LogP contribution in [-0.2, 0) is 61.2 Å². The van der Waals surface area contributed by atoms with Gasteiger partial charge in [-0.2, -0.15) is 0 Å². The molecule has 0 aromatic heterocycles. The van der Waals surface area contributed by atoms with E-state index in [9.17, 15) is 60.7 Å². The Kier molecular flexibility index (Phi) is 30.1. The standard InChI is InChI=1S/C49H76NO16.CH3.Y/c1-30-19-17-15-13-11-9-7-8-10-12-14-16-18-20-37(65-48-47(61)44(50(5)6)46(60)33(4)64-48)26-42-38(29-51)40(56)27-49(62,66-42)28-41(57)39(55)22-21-34(52)23-35(53)24-36(54)25-43(58)63-32(3)31(2)45(30)59;;/h7-20,30-42,44-48,52-57,59-62H,21-28H2,1-6H3;1H3;/q2*-1;/b8-7+,11-9+,12-10+,15-13+,16-14+,19-17+,20-18+;;/t30-,31-,32-,33+,34+,35+,36+,37-,38+,39+,40-,41+,42-,44-,45+,46+,47-,48?,49-;;/m0../s1. The Bertz CT molecular complexity index is 1670. The van der Waals surface area contributed by atoms with E-state index in [4.69, 9.17) is 18.9 Å². The average Bonchev–Trinajstić information content (AvgIpc) is 3.23. The van der Waals surface area contributed by atoms with Gasteiger partial charge in [-0.3, -0.25) is 11.1 Å². The molecule has 0 aromatic rings. The second-order valence-corrected chi connectivity index (χ2v) is 18.2. The van der Waals surface area contributed by atoms with Crippen molar-refractivity contribution in [1.29, 1.82) is 0 Å². The molecule has 0 spiro atoms. The summed E-state index contributed by atoms with van der Waals surface area (Å²) in [7, 11) is 3.38. The van der Waals surface area contributed by atoms with E-state index in [1.54, 1.807) is 88.6 Å². The molecule has 2 bridgehead atoms. The van der Waals surface area contributed by atoms with Gasteiger partial charge in [0.2, 0.25) is 0 Å². The molecular formula is C50H79NO16Y-2. The predicted molar refractivity (Wildman–Crippen MR) is 251 cm³/mol. The third-order valence-electron chi connectivity index (χ3n) is 12.4. The number of rotatable bonds is 4. The zero-order valence-corrected chi connectivity index (χ0v) is 43.4. The number of hydrogen-bond donors (Lipinski definition) is 10. The van der Waals surface area contributed by atoms with Gasteiger partial charge in [0.05, 0.1) is 67.4 Å². The minimum atomic E-state index is -2.25. The molecule has 2 saturated heterocycles. The number of ether oxygens (including phenoxy) is 4. The molecule has 3 heterocycles. The topological polar surface area (TPSA) is 277 Å². The molecule has 2 fully saturated rings. The fraction of sp³-hybridized carbons (Fsp3) is 0.660. The first kappa shape index (κ1) is 63.9. The summed E-state index contributed by atoms with van der Waals surface area (Å²) >= 11 is 0. The summed E-state index contributed by atoms with van der Waals surface area (Å²) in [5.74, 6) is -4.97. The van der Waals surface area contributed by atoms with Crippen LogP contribution in [0.3, 0.4) is 0 Å². The fourth-order valence-electron chi connectivity index (χ4n) is 8.34. The first-order valence-corrected chi connectivity index (χ1v) is 22.9. The van der Waals surface area contributed by atoms with Crippen molar-refractivity contribution in [3.8, 4) is 0 Å². The van der Waals surface area contributed by atoms with Gasteiger partial charge in [-0.25, -0.2) is 0 Å². The van der Waals surface area contributed by atoms with Crippen LogP contribution in [0.1, 0.15) is 79.1 Å². The molecule has 0 saturated carbocycles. The van der Waals surface area contributed by atoms with Crippen molar-refractivity contribution in [3.63, 3.8) is 0 Å². The maximum Gasteiger partial charge on any atom is 0.308 e. The molecule has 3 aliphatic rings. The molecule has 0 aromatic carbocycles. The van der Waals surface area contributed by atoms with Gasteiger partial charge in [-0.15, -0.1) is 0 Å². The van der Waals surface area contributed by atoms with Gasteiger partial charge in [-0.05, 0) is 53.6 Å². The van der Waals surface area contributed by atoms with Crippen molar-refractivity contribution >= 4 is 12.3 Å². The molecule has 10 N–H and O–H groups in total. The second kappa shape index (κ2) is 32.0. The zero-order chi connectivity index (χ0) is 49.1. The fourth-order valence-corrected chi connectivity index (χ4v) is 8.34. The van der Waals surface area contributed by atoms with E-state index in [1.165, 1.54) is 0 Å². The number of aliphatic hydroxyl groups is 10. The van der Waals surface area contributed by atoms with Crippen LogP contribution in [0.2, 0.25) is 0 Å². The largest absolute Gasteiger partial charge is 0.541 e. The summed E-state index contributed by atoms with van der Waals surface area (Å²) in [4.78, 5) is 26.5. The molecule has 1 radical (unpaired) electrons. The number of esters is 1. The number of fused-ring (bicyclic) bond motifs is 2. The number of allylic oxidation sites excluding steroid dienone is 12. The van der Waals surface area contributed by atoms with Crippen molar-refractivity contribution in [1.82, 2.24) is 4.90 Å². The number of hydrogen-bond acceptors (Lipinski definition) is 17. The number of nitrogens with zero attached hydrogens (tertiary/aromatic N) is 1. The Balaban J connectivity index is 0.0000116. The van der Waals surface area contributed by atoms with Crippen molar-refractivity contribution in [2.24, 2.45) is 17.8 Å². The van der Waals surface area contributed by atoms with Crippen LogP contribution in [0, 0.1) is 25.2 Å². The third-order valence-corrected chi connectivity index (χ3v) is 12.4. The molecule has 18 heteroatoms. The van der Waals surface area contributed by atoms with Crippen molar-refractivity contribution in [2.75, 3.05) is 14.1 Å². The van der Waals surface area contributed by atoms with Crippen molar-refractivity contribution in [2.45, 2.75) is 177 Å². The summed E-state index contributed by atoms with van der Waals surface area (Å²) in [6.45, 7) is 6.87. The zero-order valence-electron chi connectivity index (χ0n) is 40.6. The molecule has 68 heavy (non-hydrogen) atoms. The number of likely N-dealkylation sites (N-methyl/N-ethyl adjacent to an activating group) is 1. The second-order valence-electron chi connectivity index (χ2n) is 18.2. The van der Waals surface area contributed by atoms with Crippen LogP contribution in [0.5, 0.6) is 0 Å². The van der Waals surface area contributed by atoms with Crippen molar-refractivity contribution < 1.29 is 112 Å². The third kappa shape index (κ3) is 21.3. The molecule has 3 rings (SSSR count). The van der Waals surface area contributed by atoms with Gasteiger partial charge in [-0.1, -0.05) is 105 Å². The first-order chi connectivity index (χ1) is 31.2. The van der Waals surface area contributed by atoms with Crippen LogP contribution < -0.4 is 0 Å². The summed E-state index contributed by atoms with van der Waals surface area (Å²) in [5, 5.41) is 109. The van der Waals surface area contributed by atoms with E-state index in [2.05, 4.69) is 0 Å². The number of cyclic esters (lactones) is 1. The quantitative estimate of drug-likeness (QED) is 0.142. The number of carbonyl (C=O) groups excluding carboxylic acids is 2. The summed E-state index contributed by atoms with van der Waals surface area (Å²) < 4.78 is 23.6. The smallest absolute Gasteiger partial charge is 0.308 e. The maximum absolute atomic E-state index is 12.6. The van der Waals surface area contributed by atoms with Gasteiger partial charge in [0.15, 0.2) is 12.1 Å². The molecule has 3 aliphatic heterocycles. The summed E-state index contributed by atoms with van der Waals surface area (Å²) in [6.07, 6.45) is 7.63. The number of carbonyl (C=O) groups is 1. The van der Waals surface area contributed by atoms with Gasteiger partial charge < -0.3 is 87.1 Å². The maximum atomic E-state index is 12.6. The first-order valence-electron chi connectivity index (χ1n) is 22.9. The predicted octanol–water partition coefficient (Wildman–Crippen LogP) is 1.79. The average molecular weight is 1040 g/mol.